The number of nitrogens with one attached hydrogen (secondary N) is 2. The minimum Gasteiger partial charge on any atom is -0.508 e. The van der Waals surface area contributed by atoms with Crippen LogP contribution in [0.4, 0.5) is 11.5 Å². The summed E-state index contributed by atoms with van der Waals surface area (Å²) >= 11 is 0. The summed E-state index contributed by atoms with van der Waals surface area (Å²) in [4.78, 5) is 13.5. The van der Waals surface area contributed by atoms with Crippen molar-refractivity contribution >= 4 is 17.4 Å². The van der Waals surface area contributed by atoms with Crippen molar-refractivity contribution in [1.82, 2.24) is 9.78 Å². The Morgan fingerprint density at radius 1 is 0.939 bits per heavy atom. The number of aromatic nitrogens is 2. The van der Waals surface area contributed by atoms with Gasteiger partial charge in [0.25, 0.3) is 5.91 Å². The summed E-state index contributed by atoms with van der Waals surface area (Å²) in [5.74, 6) is 0.496. The topological polar surface area (TPSA) is 79.2 Å². The van der Waals surface area contributed by atoms with Gasteiger partial charge >= 0.3 is 0 Å². The molecule has 1 aliphatic heterocycles. The summed E-state index contributed by atoms with van der Waals surface area (Å²) < 4.78 is 1.88. The average Bonchev–Trinajstić information content (AvgIpc) is 3.15. The zero-order valence-corrected chi connectivity index (χ0v) is 18.4. The molecule has 3 N–H and O–H groups in total. The number of carbonyl (C=O) groups is 1. The summed E-state index contributed by atoms with van der Waals surface area (Å²) in [7, 11) is 0. The lowest BCUT2D eigenvalue weighted by Crippen LogP contribution is -2.27. The number of aryl methyl sites for hydroxylation is 1. The molecule has 5 rings (SSSR count). The van der Waals surface area contributed by atoms with E-state index in [2.05, 4.69) is 10.6 Å². The fraction of sp³-hybridized carbons (Fsp3) is 0.111. The number of aromatic hydroxyl groups is 1. The maximum absolute atomic E-state index is 13.5. The molecule has 0 fully saturated rings. The molecule has 3 aromatic carbocycles. The van der Waals surface area contributed by atoms with E-state index in [0.29, 0.717) is 5.57 Å². The second-order valence-corrected chi connectivity index (χ2v) is 8.10. The molecule has 0 saturated carbocycles. The number of allylic oxidation sites excluding steroid dienone is 1. The van der Waals surface area contributed by atoms with Gasteiger partial charge in [-0.25, -0.2) is 4.68 Å². The van der Waals surface area contributed by atoms with Crippen LogP contribution in [0, 0.1) is 6.92 Å². The van der Waals surface area contributed by atoms with E-state index in [1.807, 2.05) is 91.3 Å². The van der Waals surface area contributed by atoms with Crippen LogP contribution in [0.25, 0.3) is 5.69 Å². The Kier molecular flexibility index (Phi) is 5.18. The van der Waals surface area contributed by atoms with Gasteiger partial charge in [0.1, 0.15) is 11.6 Å². The van der Waals surface area contributed by atoms with Crippen LogP contribution in [0.15, 0.2) is 96.2 Å². The van der Waals surface area contributed by atoms with Gasteiger partial charge in [-0.05, 0) is 55.8 Å². The van der Waals surface area contributed by atoms with Crippen molar-refractivity contribution in [2.75, 3.05) is 10.6 Å². The number of phenols is 1. The maximum atomic E-state index is 13.5. The molecule has 0 bridgehead atoms. The number of fused-ring (bicyclic) bond motifs is 1. The molecule has 4 aromatic rings. The number of para-hydroxylation sites is 2. The summed E-state index contributed by atoms with van der Waals surface area (Å²) in [6, 6.07) is 26.3. The Hall–Kier alpha value is -4.32. The third-order valence-corrected chi connectivity index (χ3v) is 5.90. The van der Waals surface area contributed by atoms with Crippen molar-refractivity contribution in [1.29, 1.82) is 0 Å². The minimum absolute atomic E-state index is 0.179. The van der Waals surface area contributed by atoms with Gasteiger partial charge in [-0.15, -0.1) is 0 Å². The lowest BCUT2D eigenvalue weighted by Gasteiger charge is -2.29. The first kappa shape index (κ1) is 20.6. The van der Waals surface area contributed by atoms with Crippen LogP contribution in [0.3, 0.4) is 0 Å². The molecule has 1 aliphatic rings. The van der Waals surface area contributed by atoms with Crippen molar-refractivity contribution in [3.63, 3.8) is 0 Å². The molecule has 1 aromatic heterocycles. The van der Waals surface area contributed by atoms with E-state index in [4.69, 9.17) is 5.10 Å². The van der Waals surface area contributed by atoms with Gasteiger partial charge in [0, 0.05) is 28.4 Å². The predicted octanol–water partition coefficient (Wildman–Crippen LogP) is 5.36. The highest BCUT2D eigenvalue weighted by Crippen LogP contribution is 2.44. The van der Waals surface area contributed by atoms with Crippen LogP contribution in [0.1, 0.15) is 29.7 Å². The number of carbonyl (C=O) groups excluding carboxylic acids is 1. The van der Waals surface area contributed by atoms with Crippen LogP contribution in [-0.4, -0.2) is 20.8 Å². The average molecular weight is 437 g/mol. The number of hydrogen-bond acceptors (Lipinski definition) is 4. The van der Waals surface area contributed by atoms with Gasteiger partial charge in [-0.1, -0.05) is 48.5 Å². The quantitative estimate of drug-likeness (QED) is 0.403. The molecule has 33 heavy (non-hydrogen) atoms. The largest absolute Gasteiger partial charge is 0.508 e. The van der Waals surface area contributed by atoms with Crippen molar-refractivity contribution < 1.29 is 9.90 Å². The highest BCUT2D eigenvalue weighted by Gasteiger charge is 2.36. The van der Waals surface area contributed by atoms with Gasteiger partial charge in [0.15, 0.2) is 0 Å². The molecule has 2 heterocycles. The van der Waals surface area contributed by atoms with E-state index >= 15 is 0 Å². The fourth-order valence-corrected chi connectivity index (χ4v) is 4.39. The number of nitrogens with zero attached hydrogens (tertiary/aromatic N) is 2. The highest BCUT2D eigenvalue weighted by atomic mass is 16.3. The van der Waals surface area contributed by atoms with Crippen LogP contribution < -0.4 is 10.6 Å². The van der Waals surface area contributed by atoms with Gasteiger partial charge in [0.05, 0.1) is 11.4 Å². The maximum Gasteiger partial charge on any atom is 0.254 e. The van der Waals surface area contributed by atoms with Gasteiger partial charge in [-0.3, -0.25) is 4.79 Å². The van der Waals surface area contributed by atoms with E-state index < -0.39 is 0 Å². The Morgan fingerprint density at radius 2 is 1.58 bits per heavy atom. The van der Waals surface area contributed by atoms with Gasteiger partial charge in [0.2, 0.25) is 0 Å². The van der Waals surface area contributed by atoms with E-state index in [-0.39, 0.29) is 17.6 Å². The zero-order chi connectivity index (χ0) is 22.9. The Morgan fingerprint density at radius 3 is 2.24 bits per heavy atom. The Balaban J connectivity index is 1.66. The van der Waals surface area contributed by atoms with Crippen LogP contribution >= 0.6 is 0 Å². The molecule has 1 atom stereocenters. The molecule has 164 valence electrons. The number of amides is 1. The second kappa shape index (κ2) is 8.31. The van der Waals surface area contributed by atoms with Crippen LogP contribution in [0.5, 0.6) is 5.75 Å². The van der Waals surface area contributed by atoms with E-state index in [9.17, 15) is 9.90 Å². The van der Waals surface area contributed by atoms with E-state index in [0.717, 1.165) is 39.7 Å². The molecule has 1 amide bonds. The second-order valence-electron chi connectivity index (χ2n) is 8.10. The lowest BCUT2D eigenvalue weighted by atomic mass is 9.81. The molecule has 0 saturated heterocycles. The summed E-state index contributed by atoms with van der Waals surface area (Å²) in [5.41, 5.74) is 5.71. The summed E-state index contributed by atoms with van der Waals surface area (Å²) in [6.07, 6.45) is 0. The van der Waals surface area contributed by atoms with Crippen molar-refractivity contribution in [2.45, 2.75) is 19.8 Å². The molecule has 6 nitrogen and oxygen atoms in total. The third-order valence-electron chi connectivity index (χ3n) is 5.90. The van der Waals surface area contributed by atoms with E-state index in [1.54, 1.807) is 12.1 Å². The fourth-order valence-electron chi connectivity index (χ4n) is 4.39. The number of anilines is 2. The van der Waals surface area contributed by atoms with Gasteiger partial charge < -0.3 is 15.7 Å². The molecular formula is C27H24N4O2. The normalized spacial score (nSPS) is 15.0. The van der Waals surface area contributed by atoms with Gasteiger partial charge in [-0.2, -0.15) is 5.10 Å². The lowest BCUT2D eigenvalue weighted by molar-refractivity contribution is -0.113. The van der Waals surface area contributed by atoms with Crippen molar-refractivity contribution in [2.24, 2.45) is 0 Å². The van der Waals surface area contributed by atoms with Crippen LogP contribution in [0.2, 0.25) is 0 Å². The number of rotatable bonds is 4. The monoisotopic (exact) mass is 436 g/mol. The molecule has 0 spiro atoms. The number of phenolic OH excluding ortho intramolecular Hbond substituents is 1. The predicted molar refractivity (Wildman–Crippen MR) is 130 cm³/mol. The summed E-state index contributed by atoms with van der Waals surface area (Å²) in [6.45, 7) is 3.87. The molecule has 0 aliphatic carbocycles. The number of hydrogen-bond donors (Lipinski definition) is 3. The molecule has 6 heteroatoms. The van der Waals surface area contributed by atoms with Crippen molar-refractivity contribution in [3.8, 4) is 11.4 Å². The highest BCUT2D eigenvalue weighted by molar-refractivity contribution is 6.07. The smallest absolute Gasteiger partial charge is 0.254 e. The van der Waals surface area contributed by atoms with E-state index in [1.165, 1.54) is 0 Å². The number of benzene rings is 3. The first-order chi connectivity index (χ1) is 16.0. The molecule has 1 unspecified atom stereocenters. The van der Waals surface area contributed by atoms with Crippen LogP contribution in [-0.2, 0) is 4.79 Å². The van der Waals surface area contributed by atoms with Crippen molar-refractivity contribution in [3.05, 3.63) is 113 Å². The standard InChI is InChI=1S/C27H24N4O2/c1-17-24(27(33)29-20-9-5-3-6-10-20)25(19-13-15-22(32)16-14-19)23-18(2)30-31(26(23)28-17)21-11-7-4-8-12-21/h3-16,25,28,32H,1-2H3,(H,29,33). The minimum atomic E-state index is -0.344. The molecule has 0 radical (unpaired) electrons. The third kappa shape index (κ3) is 3.76. The first-order valence-electron chi connectivity index (χ1n) is 10.8. The first-order valence-corrected chi connectivity index (χ1v) is 10.8. The summed E-state index contributed by atoms with van der Waals surface area (Å²) in [5, 5.41) is 21.1. The Bertz CT molecular complexity index is 1340. The molecular weight excluding hydrogens is 412 g/mol. The SMILES string of the molecule is CC1=C(C(=O)Nc2ccccc2)C(c2ccc(O)cc2)c2c(C)nn(-c3ccccc3)c2N1. The zero-order valence-electron chi connectivity index (χ0n) is 18.4. The Labute approximate surface area is 192 Å².